The smallest absolute Gasteiger partial charge is 0.208 e. The van der Waals surface area contributed by atoms with Crippen molar-refractivity contribution in [3.8, 4) is 0 Å². The van der Waals surface area contributed by atoms with E-state index >= 15 is 0 Å². The van der Waals surface area contributed by atoms with E-state index in [1.807, 2.05) is 0 Å². The van der Waals surface area contributed by atoms with E-state index in [-0.39, 0.29) is 35.8 Å². The molecule has 13 heavy (non-hydrogen) atoms. The summed E-state index contributed by atoms with van der Waals surface area (Å²) in [6.07, 6.45) is 0. The highest BCUT2D eigenvalue weighted by Gasteiger charge is 1.91. The van der Waals surface area contributed by atoms with Crippen molar-refractivity contribution in [2.45, 2.75) is 0 Å². The Kier molecular flexibility index (Phi) is 5.31. The lowest BCUT2D eigenvalue weighted by Gasteiger charge is -1.97. The lowest BCUT2D eigenvalue weighted by Crippen LogP contribution is -2.36. The second-order valence-corrected chi connectivity index (χ2v) is 2.12. The molecule has 0 aromatic heterocycles. The van der Waals surface area contributed by atoms with Crippen LogP contribution in [0.5, 0.6) is 0 Å². The van der Waals surface area contributed by atoms with E-state index < -0.39 is 0 Å². The molecule has 0 atom stereocenters. The van der Waals surface area contributed by atoms with Crippen LogP contribution in [0.2, 0.25) is 0 Å². The summed E-state index contributed by atoms with van der Waals surface area (Å²) >= 11 is 0. The van der Waals surface area contributed by atoms with Gasteiger partial charge in [-0.25, -0.2) is 15.2 Å². The van der Waals surface area contributed by atoms with Gasteiger partial charge in [-0.3, -0.25) is 5.43 Å². The summed E-state index contributed by atoms with van der Waals surface area (Å²) in [6, 6.07) is 5.59. The number of guanidine groups is 1. The third-order valence-corrected chi connectivity index (χ3v) is 1.22. The monoisotopic (exact) mass is 296 g/mol. The van der Waals surface area contributed by atoms with Crippen LogP contribution in [0.3, 0.4) is 0 Å². The van der Waals surface area contributed by atoms with Gasteiger partial charge in [-0.05, 0) is 24.3 Å². The van der Waals surface area contributed by atoms with Gasteiger partial charge < -0.3 is 5.73 Å². The van der Waals surface area contributed by atoms with Gasteiger partial charge in [0.1, 0.15) is 5.82 Å². The largest absolute Gasteiger partial charge is 0.369 e. The molecule has 0 aliphatic rings. The van der Waals surface area contributed by atoms with Crippen molar-refractivity contribution in [1.82, 2.24) is 5.43 Å². The molecule has 6 heteroatoms. The number of nitrogens with zero attached hydrogens (tertiary/aromatic N) is 1. The lowest BCUT2D eigenvalue weighted by atomic mass is 10.3. The van der Waals surface area contributed by atoms with E-state index in [1.54, 1.807) is 0 Å². The molecule has 0 radical (unpaired) electrons. The van der Waals surface area contributed by atoms with Gasteiger partial charge >= 0.3 is 0 Å². The average Bonchev–Trinajstić information content (AvgIpc) is 2.09. The second-order valence-electron chi connectivity index (χ2n) is 2.12. The SMILES string of the molecule is I.NNC(N)=Nc1ccc(F)cc1. The number of hydrazine groups is 1. The minimum Gasteiger partial charge on any atom is -0.369 e. The van der Waals surface area contributed by atoms with Gasteiger partial charge in [0.05, 0.1) is 5.69 Å². The Morgan fingerprint density at radius 3 is 2.31 bits per heavy atom. The van der Waals surface area contributed by atoms with E-state index in [9.17, 15) is 4.39 Å². The van der Waals surface area contributed by atoms with Gasteiger partial charge in [0, 0.05) is 0 Å². The molecule has 0 amide bonds. The highest BCUT2D eigenvalue weighted by molar-refractivity contribution is 14.0. The number of hydrogen-bond acceptors (Lipinski definition) is 2. The van der Waals surface area contributed by atoms with Gasteiger partial charge in [-0.2, -0.15) is 0 Å². The molecule has 0 heterocycles. The van der Waals surface area contributed by atoms with Crippen LogP contribution in [0.25, 0.3) is 0 Å². The highest BCUT2D eigenvalue weighted by Crippen LogP contribution is 2.11. The standard InChI is InChI=1S/C7H9FN4.HI/c8-5-1-3-6(4-2-5)11-7(9)12-10;/h1-4H,10H2,(H3,9,11,12);1H. The molecule has 0 aliphatic heterocycles. The lowest BCUT2D eigenvalue weighted by molar-refractivity contribution is 0.628. The molecule has 0 bridgehead atoms. The van der Waals surface area contributed by atoms with Crippen LogP contribution >= 0.6 is 24.0 Å². The maximum atomic E-state index is 12.4. The quantitative estimate of drug-likeness (QED) is 0.236. The molecule has 72 valence electrons. The summed E-state index contributed by atoms with van der Waals surface area (Å²) < 4.78 is 12.4. The predicted octanol–water partition coefficient (Wildman–Crippen LogP) is 0.853. The fourth-order valence-corrected chi connectivity index (χ4v) is 0.687. The van der Waals surface area contributed by atoms with Gasteiger partial charge in [-0.15, -0.1) is 24.0 Å². The van der Waals surface area contributed by atoms with E-state index in [2.05, 4.69) is 10.4 Å². The normalized spacial score (nSPS) is 10.5. The minimum absolute atomic E-state index is 0. The molecule has 1 aromatic carbocycles. The predicted molar refractivity (Wildman–Crippen MR) is 60.4 cm³/mol. The molecular formula is C7H10FIN4. The van der Waals surface area contributed by atoms with Crippen molar-refractivity contribution in [2.75, 3.05) is 0 Å². The van der Waals surface area contributed by atoms with Crippen LogP contribution in [0.4, 0.5) is 10.1 Å². The molecule has 0 saturated heterocycles. The van der Waals surface area contributed by atoms with E-state index in [1.165, 1.54) is 24.3 Å². The molecule has 1 aromatic rings. The van der Waals surface area contributed by atoms with Gasteiger partial charge in [0.2, 0.25) is 5.96 Å². The summed E-state index contributed by atoms with van der Waals surface area (Å²) in [7, 11) is 0. The van der Waals surface area contributed by atoms with Crippen molar-refractivity contribution in [3.05, 3.63) is 30.1 Å². The summed E-state index contributed by atoms with van der Waals surface area (Å²) in [6.45, 7) is 0. The molecule has 0 unspecified atom stereocenters. The van der Waals surface area contributed by atoms with Crippen LogP contribution in [0, 0.1) is 5.82 Å². The molecule has 1 rings (SSSR count). The summed E-state index contributed by atoms with van der Waals surface area (Å²) in [5, 5.41) is 0. The van der Waals surface area contributed by atoms with Crippen molar-refractivity contribution in [1.29, 1.82) is 0 Å². The molecule has 0 spiro atoms. The van der Waals surface area contributed by atoms with E-state index in [0.717, 1.165) is 0 Å². The van der Waals surface area contributed by atoms with Gasteiger partial charge in [0.15, 0.2) is 0 Å². The summed E-state index contributed by atoms with van der Waals surface area (Å²) in [5.74, 6) is 4.74. The number of rotatable bonds is 1. The summed E-state index contributed by atoms with van der Waals surface area (Å²) in [4.78, 5) is 3.81. The van der Waals surface area contributed by atoms with E-state index in [0.29, 0.717) is 5.69 Å². The third-order valence-electron chi connectivity index (χ3n) is 1.22. The first-order valence-corrected chi connectivity index (χ1v) is 3.28. The molecule has 0 fully saturated rings. The van der Waals surface area contributed by atoms with Crippen molar-refractivity contribution >= 4 is 35.6 Å². The Morgan fingerprint density at radius 2 is 1.85 bits per heavy atom. The van der Waals surface area contributed by atoms with Crippen molar-refractivity contribution in [3.63, 3.8) is 0 Å². The Bertz CT molecular complexity index is 285. The van der Waals surface area contributed by atoms with Crippen LogP contribution in [-0.2, 0) is 0 Å². The molecule has 5 N–H and O–H groups in total. The Morgan fingerprint density at radius 1 is 1.31 bits per heavy atom. The maximum absolute atomic E-state index is 12.4. The zero-order chi connectivity index (χ0) is 8.97. The number of aliphatic imine (C=N–C) groups is 1. The molecule has 0 aliphatic carbocycles. The van der Waals surface area contributed by atoms with Crippen LogP contribution < -0.4 is 17.0 Å². The first kappa shape index (κ1) is 12.1. The first-order chi connectivity index (χ1) is 5.72. The number of halogens is 2. The Labute approximate surface area is 92.2 Å². The fourth-order valence-electron chi connectivity index (χ4n) is 0.687. The van der Waals surface area contributed by atoms with Gasteiger partial charge in [-0.1, -0.05) is 0 Å². The minimum atomic E-state index is -0.312. The number of hydrogen-bond donors (Lipinski definition) is 3. The zero-order valence-electron chi connectivity index (χ0n) is 6.70. The highest BCUT2D eigenvalue weighted by atomic mass is 127. The Hall–Kier alpha value is -0.890. The van der Waals surface area contributed by atoms with Crippen LogP contribution in [-0.4, -0.2) is 5.96 Å². The molecule has 0 saturated carbocycles. The van der Waals surface area contributed by atoms with Crippen LogP contribution in [0.1, 0.15) is 0 Å². The van der Waals surface area contributed by atoms with Gasteiger partial charge in [0.25, 0.3) is 0 Å². The Balaban J connectivity index is 0.00000144. The first-order valence-electron chi connectivity index (χ1n) is 3.28. The summed E-state index contributed by atoms with van der Waals surface area (Å²) in [5.41, 5.74) is 7.97. The maximum Gasteiger partial charge on any atom is 0.208 e. The van der Waals surface area contributed by atoms with Crippen molar-refractivity contribution in [2.24, 2.45) is 16.6 Å². The average molecular weight is 296 g/mol. The van der Waals surface area contributed by atoms with Crippen LogP contribution in [0.15, 0.2) is 29.3 Å². The molecular weight excluding hydrogens is 286 g/mol. The molecule has 4 nitrogen and oxygen atoms in total. The van der Waals surface area contributed by atoms with Crippen molar-refractivity contribution < 1.29 is 4.39 Å². The van der Waals surface area contributed by atoms with E-state index in [4.69, 9.17) is 11.6 Å². The third kappa shape index (κ3) is 4.04. The number of nitrogens with one attached hydrogen (secondary N) is 1. The fraction of sp³-hybridized carbons (Fsp3) is 0. The number of nitrogens with two attached hydrogens (primary N) is 2. The topological polar surface area (TPSA) is 76.4 Å². The number of benzene rings is 1. The zero-order valence-corrected chi connectivity index (χ0v) is 9.03. The second kappa shape index (κ2) is 5.70.